The maximum Gasteiger partial charge on any atom is 0.331 e. The average Bonchev–Trinajstić information content (AvgIpc) is 3.52. The van der Waals surface area contributed by atoms with E-state index in [1.165, 1.54) is 6.08 Å². The molecule has 1 spiro atoms. The number of aliphatic hydroxyl groups excluding tert-OH is 5. The zero-order valence-electron chi connectivity index (χ0n) is 28.7. The summed E-state index contributed by atoms with van der Waals surface area (Å²) < 4.78 is 42.3. The van der Waals surface area contributed by atoms with Crippen molar-refractivity contribution in [2.45, 2.75) is 150 Å². The van der Waals surface area contributed by atoms with Crippen molar-refractivity contribution in [1.82, 2.24) is 0 Å². The Morgan fingerprint density at radius 3 is 2.41 bits per heavy atom. The summed E-state index contributed by atoms with van der Waals surface area (Å²) in [5.41, 5.74) is -4.47. The van der Waals surface area contributed by atoms with Gasteiger partial charge in [-0.3, -0.25) is 4.79 Å². The summed E-state index contributed by atoms with van der Waals surface area (Å²) in [5, 5.41) is 78.0. The van der Waals surface area contributed by atoms with Crippen molar-refractivity contribution in [1.29, 1.82) is 0 Å². The van der Waals surface area contributed by atoms with Crippen LogP contribution < -0.4 is 0 Å². The highest BCUT2D eigenvalue weighted by Gasteiger charge is 2.89. The van der Waals surface area contributed by atoms with Gasteiger partial charge >= 0.3 is 5.97 Å². The van der Waals surface area contributed by atoms with Gasteiger partial charge in [-0.1, -0.05) is 6.92 Å². The van der Waals surface area contributed by atoms with Crippen LogP contribution in [-0.2, 0) is 42.7 Å². The van der Waals surface area contributed by atoms with E-state index in [0.717, 1.165) is 0 Å². The molecule has 4 aliphatic carbocycles. The van der Waals surface area contributed by atoms with Crippen LogP contribution in [0.4, 0.5) is 0 Å². The van der Waals surface area contributed by atoms with Gasteiger partial charge in [-0.15, -0.1) is 0 Å². The van der Waals surface area contributed by atoms with E-state index in [-0.39, 0.29) is 31.8 Å². The van der Waals surface area contributed by atoms with E-state index in [0.29, 0.717) is 24.8 Å². The predicted molar refractivity (Wildman–Crippen MR) is 165 cm³/mol. The summed E-state index contributed by atoms with van der Waals surface area (Å²) in [5.74, 6) is -4.65. The third-order valence-corrected chi connectivity index (χ3v) is 14.6. The third-order valence-electron chi connectivity index (χ3n) is 14.6. The fourth-order valence-corrected chi connectivity index (χ4v) is 12.0. The lowest BCUT2D eigenvalue weighted by atomic mass is 9.41. The van der Waals surface area contributed by atoms with Gasteiger partial charge in [0, 0.05) is 18.4 Å². The molecule has 9 rings (SSSR count). The number of aliphatic hydroxyl groups is 7. The summed E-state index contributed by atoms with van der Waals surface area (Å²) in [6.45, 7) is 4.78. The summed E-state index contributed by atoms with van der Waals surface area (Å²) in [6, 6.07) is 0. The molecule has 8 fully saturated rings. The largest absolute Gasteiger partial charge is 0.458 e. The van der Waals surface area contributed by atoms with Gasteiger partial charge in [0.05, 0.1) is 36.4 Å². The number of hydrogen-bond acceptors (Lipinski definition) is 16. The van der Waals surface area contributed by atoms with Crippen LogP contribution in [0.5, 0.6) is 0 Å². The van der Waals surface area contributed by atoms with Crippen molar-refractivity contribution in [3.8, 4) is 0 Å². The van der Waals surface area contributed by atoms with E-state index in [2.05, 4.69) is 0 Å². The smallest absolute Gasteiger partial charge is 0.331 e. The molecule has 16 heteroatoms. The molecule has 284 valence electrons. The first kappa shape index (κ1) is 35.1. The molecule has 51 heavy (non-hydrogen) atoms. The fourth-order valence-electron chi connectivity index (χ4n) is 12.0. The maximum atomic E-state index is 14.5. The molecule has 5 aliphatic heterocycles. The van der Waals surface area contributed by atoms with Gasteiger partial charge in [-0.25, -0.2) is 4.79 Å². The van der Waals surface area contributed by atoms with E-state index >= 15 is 0 Å². The van der Waals surface area contributed by atoms with Crippen molar-refractivity contribution in [2.24, 2.45) is 28.6 Å². The Balaban J connectivity index is 1.01. The highest BCUT2D eigenvalue weighted by atomic mass is 16.8. The number of carbonyl (C=O) groups excluding carboxylic acids is 2. The van der Waals surface area contributed by atoms with E-state index in [1.807, 2.05) is 6.92 Å². The lowest BCUT2D eigenvalue weighted by Gasteiger charge is -2.64. The topological polar surface area (TPSA) is 244 Å². The molecule has 0 amide bonds. The number of esters is 1. The Morgan fingerprint density at radius 1 is 0.941 bits per heavy atom. The zero-order valence-corrected chi connectivity index (χ0v) is 28.7. The average molecular weight is 725 g/mol. The van der Waals surface area contributed by atoms with Crippen molar-refractivity contribution < 1.29 is 78.5 Å². The van der Waals surface area contributed by atoms with Gasteiger partial charge in [-0.2, -0.15) is 0 Å². The van der Waals surface area contributed by atoms with Gasteiger partial charge in [0.25, 0.3) is 0 Å². The van der Waals surface area contributed by atoms with Crippen LogP contribution >= 0.6 is 0 Å². The second kappa shape index (κ2) is 11.2. The molecule has 9 aliphatic rings. The van der Waals surface area contributed by atoms with E-state index in [9.17, 15) is 45.3 Å². The quantitative estimate of drug-likeness (QED) is 0.0935. The molecule has 5 heterocycles. The molecule has 0 radical (unpaired) electrons. The Hall–Kier alpha value is -1.64. The minimum absolute atomic E-state index is 0.0347. The lowest BCUT2D eigenvalue weighted by molar-refractivity contribution is -0.471. The van der Waals surface area contributed by atoms with Gasteiger partial charge in [0.1, 0.15) is 54.4 Å². The van der Waals surface area contributed by atoms with E-state index in [1.54, 1.807) is 13.8 Å². The minimum atomic E-state index is -2.23. The SMILES string of the molecule is CC1CC(OC2OC(CO)C(O)C(O)C2O)C2(O)OC3CC4(C)C(CC3OC2O1)CC1OC12C4C(O)C(=O)C1(C)C(C3=CC(=O)OC3)CCC12O. The maximum absolute atomic E-state index is 14.5. The number of hydrogen-bond donors (Lipinski definition) is 7. The lowest BCUT2D eigenvalue weighted by Crippen LogP contribution is -2.77. The molecule has 0 bridgehead atoms. The minimum Gasteiger partial charge on any atom is -0.458 e. The molecule has 0 aromatic heterocycles. The highest BCUT2D eigenvalue weighted by Crippen LogP contribution is 2.77. The Bertz CT molecular complexity index is 1520. The first-order chi connectivity index (χ1) is 24.0. The number of fused-ring (bicyclic) bond motifs is 5. The second-order valence-corrected chi connectivity index (χ2v) is 17.0. The van der Waals surface area contributed by atoms with Crippen molar-refractivity contribution in [2.75, 3.05) is 13.2 Å². The number of epoxide rings is 1. The standard InChI is InChI=1S/C35H48O16/c1-13-6-21(49-29-25(40)24(39)23(38)19(11-36)47-29)35(44)30(46-13)48-17-8-15-9-20-34(51-20)27(31(15,2)10-18(17)50-35)26(41)28(42)32(3)16(4-5-33(32,34)43)14-7-22(37)45-12-14/h7,13,15-21,23-27,29-30,36,38-41,43-44H,4-6,8-12H2,1-3H3. The molecule has 20 unspecified atom stereocenters. The van der Waals surface area contributed by atoms with Crippen molar-refractivity contribution in [3.63, 3.8) is 0 Å². The molecular formula is C35H48O16. The molecule has 20 atom stereocenters. The van der Waals surface area contributed by atoms with Gasteiger partial charge in [-0.05, 0) is 68.8 Å². The summed E-state index contributed by atoms with van der Waals surface area (Å²) >= 11 is 0. The van der Waals surface area contributed by atoms with Crippen LogP contribution in [0.15, 0.2) is 11.6 Å². The van der Waals surface area contributed by atoms with Crippen molar-refractivity contribution in [3.05, 3.63) is 11.6 Å². The Morgan fingerprint density at radius 2 is 1.71 bits per heavy atom. The molecule has 4 saturated heterocycles. The monoisotopic (exact) mass is 724 g/mol. The van der Waals surface area contributed by atoms with Crippen LogP contribution in [0, 0.1) is 28.6 Å². The van der Waals surface area contributed by atoms with Crippen LogP contribution in [0.2, 0.25) is 0 Å². The predicted octanol–water partition coefficient (Wildman–Crippen LogP) is -2.07. The first-order valence-corrected chi connectivity index (χ1v) is 18.2. The number of cyclic esters (lactones) is 1. The van der Waals surface area contributed by atoms with E-state index < -0.39 is 132 Å². The molecular weight excluding hydrogens is 676 g/mol. The Kier molecular flexibility index (Phi) is 7.71. The van der Waals surface area contributed by atoms with E-state index in [4.69, 9.17) is 33.2 Å². The summed E-state index contributed by atoms with van der Waals surface area (Å²) in [6.07, 6.45) is -10.7. The molecule has 0 aromatic carbocycles. The van der Waals surface area contributed by atoms with Crippen LogP contribution in [0.1, 0.15) is 59.3 Å². The summed E-state index contributed by atoms with van der Waals surface area (Å²) in [7, 11) is 0. The van der Waals surface area contributed by atoms with Crippen LogP contribution in [0.3, 0.4) is 0 Å². The summed E-state index contributed by atoms with van der Waals surface area (Å²) in [4.78, 5) is 26.5. The number of ether oxygens (including phenoxy) is 7. The number of rotatable bonds is 4. The molecule has 0 aromatic rings. The second-order valence-electron chi connectivity index (χ2n) is 17.0. The van der Waals surface area contributed by atoms with Gasteiger partial charge in [0.15, 0.2) is 12.1 Å². The van der Waals surface area contributed by atoms with Gasteiger partial charge < -0.3 is 68.9 Å². The number of carbonyl (C=O) groups is 2. The number of ketones is 1. The van der Waals surface area contributed by atoms with Crippen molar-refractivity contribution >= 4 is 11.8 Å². The highest BCUT2D eigenvalue weighted by molar-refractivity contribution is 5.94. The fraction of sp³-hybridized carbons (Fsp3) is 0.886. The van der Waals surface area contributed by atoms with Crippen LogP contribution in [-0.4, -0.2) is 151 Å². The first-order valence-electron chi connectivity index (χ1n) is 18.2. The van der Waals surface area contributed by atoms with Crippen LogP contribution in [0.25, 0.3) is 0 Å². The third kappa shape index (κ3) is 4.36. The normalized spacial score (nSPS) is 60.1. The molecule has 16 nitrogen and oxygen atoms in total. The molecule has 4 saturated carbocycles. The number of Topliss-reactive ketones (excluding diaryl/α,β-unsaturated/α-hetero) is 1. The Labute approximate surface area is 293 Å². The molecule has 7 N–H and O–H groups in total. The van der Waals surface area contributed by atoms with Gasteiger partial charge in [0.2, 0.25) is 12.1 Å². The zero-order chi connectivity index (χ0) is 36.2.